The van der Waals surface area contributed by atoms with Gasteiger partial charge in [-0.25, -0.2) is 0 Å². The predicted octanol–water partition coefficient (Wildman–Crippen LogP) is 3.61. The van der Waals surface area contributed by atoms with Gasteiger partial charge in [-0.05, 0) is 51.3 Å². The van der Waals surface area contributed by atoms with Crippen LogP contribution < -0.4 is 18.9 Å². The predicted molar refractivity (Wildman–Crippen MR) is 112 cm³/mol. The summed E-state index contributed by atoms with van der Waals surface area (Å²) in [6.45, 7) is 0.964. The van der Waals surface area contributed by atoms with E-state index in [-0.39, 0.29) is 12.3 Å². The Labute approximate surface area is 177 Å². The van der Waals surface area contributed by atoms with E-state index >= 15 is 0 Å². The van der Waals surface area contributed by atoms with E-state index in [9.17, 15) is 4.79 Å². The fraction of sp³-hybridized carbons (Fsp3) is 0.333. The number of benzene rings is 2. The highest BCUT2D eigenvalue weighted by Gasteiger charge is 2.22. The molecule has 1 aliphatic rings. The molecule has 0 aromatic heterocycles. The van der Waals surface area contributed by atoms with Crippen molar-refractivity contribution >= 4 is 27.9 Å². The number of hydrogen-bond acceptors (Lipinski definition) is 7. The third-order valence-corrected chi connectivity index (χ3v) is 4.93. The van der Waals surface area contributed by atoms with E-state index < -0.39 is 6.10 Å². The fourth-order valence-corrected chi connectivity index (χ4v) is 3.63. The van der Waals surface area contributed by atoms with Crippen LogP contribution in [-0.2, 0) is 9.53 Å². The summed E-state index contributed by atoms with van der Waals surface area (Å²) in [5.74, 6) is 2.28. The van der Waals surface area contributed by atoms with Crippen molar-refractivity contribution in [3.8, 4) is 23.0 Å². The lowest BCUT2D eigenvalue weighted by Crippen LogP contribution is -2.19. The summed E-state index contributed by atoms with van der Waals surface area (Å²) in [5.41, 5.74) is 1.47. The Hall–Kier alpha value is -2.58. The van der Waals surface area contributed by atoms with Gasteiger partial charge < -0.3 is 23.7 Å². The minimum Gasteiger partial charge on any atom is -0.493 e. The van der Waals surface area contributed by atoms with E-state index in [4.69, 9.17) is 23.7 Å². The molecule has 0 radical (unpaired) electrons. The molecule has 0 spiro atoms. The molecule has 0 saturated heterocycles. The van der Waals surface area contributed by atoms with Crippen molar-refractivity contribution in [2.24, 2.45) is 4.99 Å². The van der Waals surface area contributed by atoms with Gasteiger partial charge in [-0.2, -0.15) is 0 Å². The monoisotopic (exact) mass is 463 g/mol. The Kier molecular flexibility index (Phi) is 7.11. The standard InChI is InChI=1S/C21H22BrNO6/c1-25-19-9-13(8-15(22)21(19)27-3)11-23-12-16(24)20(26-2)14-4-5-17-18(10-14)29-7-6-28-17/h4-5,8-11,20H,6-7,12H2,1-3H3. The Balaban J connectivity index is 1.71. The first kappa shape index (κ1) is 21.1. The van der Waals surface area contributed by atoms with E-state index in [0.717, 1.165) is 10.0 Å². The lowest BCUT2D eigenvalue weighted by atomic mass is 10.0. The summed E-state index contributed by atoms with van der Waals surface area (Å²) in [6, 6.07) is 8.98. The average Bonchev–Trinajstić information content (AvgIpc) is 2.73. The van der Waals surface area contributed by atoms with Gasteiger partial charge in [0.1, 0.15) is 25.9 Å². The number of ether oxygens (including phenoxy) is 5. The Morgan fingerprint density at radius 3 is 2.59 bits per heavy atom. The number of methoxy groups -OCH3 is 3. The molecule has 1 atom stereocenters. The van der Waals surface area contributed by atoms with Crippen LogP contribution in [0.25, 0.3) is 0 Å². The van der Waals surface area contributed by atoms with Crippen molar-refractivity contribution in [3.63, 3.8) is 0 Å². The molecule has 1 heterocycles. The lowest BCUT2D eigenvalue weighted by molar-refractivity contribution is -0.127. The second-order valence-electron chi connectivity index (χ2n) is 6.19. The fourth-order valence-electron chi connectivity index (χ4n) is 3.01. The number of fused-ring (bicyclic) bond motifs is 1. The first-order chi connectivity index (χ1) is 14.1. The molecule has 154 valence electrons. The van der Waals surface area contributed by atoms with Gasteiger partial charge >= 0.3 is 0 Å². The molecule has 0 fully saturated rings. The van der Waals surface area contributed by atoms with Gasteiger partial charge in [-0.3, -0.25) is 9.79 Å². The minimum absolute atomic E-state index is 0.0289. The summed E-state index contributed by atoms with van der Waals surface area (Å²) >= 11 is 3.44. The van der Waals surface area contributed by atoms with Gasteiger partial charge in [0.2, 0.25) is 0 Å². The quantitative estimate of drug-likeness (QED) is 0.556. The van der Waals surface area contributed by atoms with E-state index in [2.05, 4.69) is 20.9 Å². The van der Waals surface area contributed by atoms with E-state index in [1.807, 2.05) is 6.07 Å². The van der Waals surface area contributed by atoms with Crippen LogP contribution in [-0.4, -0.2) is 53.1 Å². The smallest absolute Gasteiger partial charge is 0.187 e. The van der Waals surface area contributed by atoms with E-state index in [1.165, 1.54) is 7.11 Å². The second-order valence-corrected chi connectivity index (χ2v) is 7.05. The third-order valence-electron chi connectivity index (χ3n) is 4.34. The van der Waals surface area contributed by atoms with E-state index in [1.54, 1.807) is 44.7 Å². The van der Waals surface area contributed by atoms with Crippen molar-refractivity contribution in [1.29, 1.82) is 0 Å². The number of carbonyl (C=O) groups excluding carboxylic acids is 1. The van der Waals surface area contributed by atoms with Crippen molar-refractivity contribution in [2.45, 2.75) is 6.10 Å². The average molecular weight is 464 g/mol. The summed E-state index contributed by atoms with van der Waals surface area (Å²) < 4.78 is 27.9. The molecule has 0 aliphatic carbocycles. The molecule has 2 aromatic rings. The van der Waals surface area contributed by atoms with Crippen LogP contribution in [0.3, 0.4) is 0 Å². The third kappa shape index (κ3) is 4.89. The number of ketones is 1. The van der Waals surface area contributed by atoms with Crippen LogP contribution in [0.15, 0.2) is 39.8 Å². The van der Waals surface area contributed by atoms with Gasteiger partial charge in [0.05, 0.1) is 18.7 Å². The van der Waals surface area contributed by atoms with Gasteiger partial charge in [0, 0.05) is 13.3 Å². The number of carbonyl (C=O) groups is 1. The molecule has 29 heavy (non-hydrogen) atoms. The summed E-state index contributed by atoms with van der Waals surface area (Å²) in [7, 11) is 4.62. The number of Topliss-reactive ketones (excluding diaryl/α,β-unsaturated/α-hetero) is 1. The van der Waals surface area contributed by atoms with Crippen molar-refractivity contribution in [3.05, 3.63) is 45.9 Å². The zero-order valence-electron chi connectivity index (χ0n) is 16.4. The highest BCUT2D eigenvalue weighted by Crippen LogP contribution is 2.36. The maximum atomic E-state index is 12.7. The number of nitrogens with zero attached hydrogens (tertiary/aromatic N) is 1. The zero-order valence-corrected chi connectivity index (χ0v) is 18.0. The van der Waals surface area contributed by atoms with Crippen LogP contribution in [0.4, 0.5) is 0 Å². The Bertz CT molecular complexity index is 914. The molecule has 1 aliphatic heterocycles. The normalized spacial score (nSPS) is 13.9. The first-order valence-corrected chi connectivity index (χ1v) is 9.73. The molecular formula is C21H22BrNO6. The zero-order chi connectivity index (χ0) is 20.8. The van der Waals surface area contributed by atoms with Crippen molar-refractivity contribution < 1.29 is 28.5 Å². The molecule has 0 saturated carbocycles. The first-order valence-electron chi connectivity index (χ1n) is 8.93. The van der Waals surface area contributed by atoms with Gasteiger partial charge in [-0.15, -0.1) is 0 Å². The maximum Gasteiger partial charge on any atom is 0.187 e. The van der Waals surface area contributed by atoms with Crippen molar-refractivity contribution in [1.82, 2.24) is 0 Å². The van der Waals surface area contributed by atoms with Gasteiger partial charge in [0.15, 0.2) is 28.8 Å². The molecule has 7 nitrogen and oxygen atoms in total. The topological polar surface area (TPSA) is 75.6 Å². The van der Waals surface area contributed by atoms with Crippen LogP contribution in [0, 0.1) is 0 Å². The minimum atomic E-state index is -0.736. The van der Waals surface area contributed by atoms with Gasteiger partial charge in [0.25, 0.3) is 0 Å². The molecule has 8 heteroatoms. The highest BCUT2D eigenvalue weighted by atomic mass is 79.9. The van der Waals surface area contributed by atoms with E-state index in [0.29, 0.717) is 41.8 Å². The van der Waals surface area contributed by atoms with Crippen molar-refractivity contribution in [2.75, 3.05) is 41.1 Å². The molecule has 0 amide bonds. The summed E-state index contributed by atoms with van der Waals surface area (Å²) in [6.07, 6.45) is 0.876. The largest absolute Gasteiger partial charge is 0.493 e. The molecular weight excluding hydrogens is 442 g/mol. The molecule has 0 bridgehead atoms. The molecule has 3 rings (SSSR count). The Morgan fingerprint density at radius 1 is 1.14 bits per heavy atom. The summed E-state index contributed by atoms with van der Waals surface area (Å²) in [5, 5.41) is 0. The highest BCUT2D eigenvalue weighted by molar-refractivity contribution is 9.10. The maximum absolute atomic E-state index is 12.7. The molecule has 1 unspecified atom stereocenters. The molecule has 0 N–H and O–H groups in total. The number of halogens is 1. The van der Waals surface area contributed by atoms with Crippen LogP contribution in [0.1, 0.15) is 17.2 Å². The number of aliphatic imine (C=N–C) groups is 1. The summed E-state index contributed by atoms with van der Waals surface area (Å²) in [4.78, 5) is 16.9. The number of rotatable bonds is 8. The van der Waals surface area contributed by atoms with Gasteiger partial charge in [-0.1, -0.05) is 6.07 Å². The lowest BCUT2D eigenvalue weighted by Gasteiger charge is -2.20. The SMILES string of the molecule is COc1cc(C=NCC(=O)C(OC)c2ccc3c(c2)OCCO3)cc(Br)c1OC. The molecule has 2 aromatic carbocycles. The van der Waals surface area contributed by atoms with Crippen LogP contribution >= 0.6 is 15.9 Å². The number of hydrogen-bond donors (Lipinski definition) is 0. The van der Waals surface area contributed by atoms with Crippen LogP contribution in [0.5, 0.6) is 23.0 Å². The van der Waals surface area contributed by atoms with Crippen LogP contribution in [0.2, 0.25) is 0 Å². The second kappa shape index (κ2) is 9.76. The Morgan fingerprint density at radius 2 is 1.90 bits per heavy atom.